The maximum atomic E-state index is 12.9. The number of benzene rings is 1. The molecule has 0 spiro atoms. The van der Waals surface area contributed by atoms with Crippen LogP contribution in [0.25, 0.3) is 11.2 Å². The molecule has 3 aromatic rings. The number of rotatable bonds is 6. The molecule has 2 aromatic heterocycles. The average molecular weight is 420 g/mol. The van der Waals surface area contributed by atoms with Gasteiger partial charge in [0.2, 0.25) is 5.28 Å². The van der Waals surface area contributed by atoms with Crippen LogP contribution in [-0.4, -0.2) is 33.7 Å². The summed E-state index contributed by atoms with van der Waals surface area (Å²) in [5.74, 6) is 0.258. The van der Waals surface area contributed by atoms with Gasteiger partial charge in [0, 0.05) is 12.6 Å². The third-order valence-electron chi connectivity index (χ3n) is 4.64. The van der Waals surface area contributed by atoms with E-state index in [0.717, 1.165) is 18.4 Å². The summed E-state index contributed by atoms with van der Waals surface area (Å²) < 4.78 is 25.4. The Morgan fingerprint density at radius 2 is 1.93 bits per heavy atom. The van der Waals surface area contributed by atoms with Crippen molar-refractivity contribution < 1.29 is 8.42 Å². The summed E-state index contributed by atoms with van der Waals surface area (Å²) in [5, 5.41) is 3.12. The molecule has 0 aliphatic heterocycles. The molecule has 0 saturated heterocycles. The topological polar surface area (TPSA) is 107 Å². The first kappa shape index (κ1) is 18.8. The van der Waals surface area contributed by atoms with Crippen molar-refractivity contribution in [2.24, 2.45) is 0 Å². The Kier molecular flexibility index (Phi) is 4.80. The molecule has 1 fully saturated rings. The summed E-state index contributed by atoms with van der Waals surface area (Å²) in [6.45, 7) is 1.94. The third kappa shape index (κ3) is 3.59. The van der Waals surface area contributed by atoms with Crippen LogP contribution in [0, 0.1) is 0 Å². The van der Waals surface area contributed by atoms with Crippen LogP contribution < -0.4 is 10.9 Å². The summed E-state index contributed by atoms with van der Waals surface area (Å²) in [5.41, 5.74) is 1.51. The van der Waals surface area contributed by atoms with Crippen molar-refractivity contribution >= 4 is 38.4 Å². The van der Waals surface area contributed by atoms with E-state index in [0.29, 0.717) is 17.7 Å². The van der Waals surface area contributed by atoms with Gasteiger partial charge in [-0.15, -0.1) is 0 Å². The van der Waals surface area contributed by atoms with Crippen LogP contribution in [-0.2, 0) is 16.4 Å². The lowest BCUT2D eigenvalue weighted by molar-refractivity contribution is 0.597. The van der Waals surface area contributed by atoms with Gasteiger partial charge in [0.25, 0.3) is 5.56 Å². The van der Waals surface area contributed by atoms with Crippen molar-refractivity contribution in [3.8, 4) is 0 Å². The van der Waals surface area contributed by atoms with E-state index in [1.807, 2.05) is 0 Å². The van der Waals surface area contributed by atoms with Crippen molar-refractivity contribution in [2.45, 2.75) is 37.2 Å². The molecule has 146 valence electrons. The van der Waals surface area contributed by atoms with Gasteiger partial charge < -0.3 is 5.32 Å². The normalized spacial score (nSPS) is 14.4. The Hall–Kier alpha value is -2.52. The Balaban J connectivity index is 1.63. The van der Waals surface area contributed by atoms with Gasteiger partial charge in [-0.05, 0) is 42.1 Å². The highest BCUT2D eigenvalue weighted by Crippen LogP contribution is 2.35. The van der Waals surface area contributed by atoms with Crippen LogP contribution in [0.5, 0.6) is 0 Å². The van der Waals surface area contributed by atoms with Crippen molar-refractivity contribution in [1.29, 1.82) is 0 Å². The van der Waals surface area contributed by atoms with E-state index in [1.165, 1.54) is 6.20 Å². The molecule has 0 amide bonds. The zero-order chi connectivity index (χ0) is 19.9. The summed E-state index contributed by atoms with van der Waals surface area (Å²) in [6.07, 6.45) is 3.32. The van der Waals surface area contributed by atoms with Gasteiger partial charge in [0.1, 0.15) is 5.52 Å². The van der Waals surface area contributed by atoms with E-state index >= 15 is 0 Å². The van der Waals surface area contributed by atoms with Crippen LogP contribution in [0.15, 0.2) is 40.2 Å². The fourth-order valence-corrected chi connectivity index (χ4v) is 3.95. The van der Waals surface area contributed by atoms with Crippen LogP contribution in [0.2, 0.25) is 5.28 Å². The Bertz CT molecular complexity index is 1200. The van der Waals surface area contributed by atoms with Crippen LogP contribution in [0.4, 0.5) is 5.82 Å². The number of nitrogens with one attached hydrogen (secondary N) is 1. The van der Waals surface area contributed by atoms with Gasteiger partial charge in [-0.25, -0.2) is 18.4 Å². The van der Waals surface area contributed by atoms with Crippen molar-refractivity contribution in [3.63, 3.8) is 0 Å². The average Bonchev–Trinajstić information content (AvgIpc) is 3.52. The molecule has 0 bridgehead atoms. The van der Waals surface area contributed by atoms with Crippen LogP contribution in [0.3, 0.4) is 0 Å². The molecule has 0 radical (unpaired) electrons. The molecule has 1 aliphatic rings. The first-order valence-electron chi connectivity index (χ1n) is 8.89. The second-order valence-electron chi connectivity index (χ2n) is 6.62. The maximum Gasteiger partial charge on any atom is 0.295 e. The fraction of sp³-hybridized carbons (Fsp3) is 0.333. The summed E-state index contributed by atoms with van der Waals surface area (Å²) in [6, 6.07) is 6.69. The fourth-order valence-electron chi connectivity index (χ4n) is 2.93. The van der Waals surface area contributed by atoms with Crippen molar-refractivity contribution in [2.75, 3.05) is 11.1 Å². The highest BCUT2D eigenvalue weighted by atomic mass is 35.5. The number of nitrogens with zero attached hydrogens (tertiary/aromatic N) is 4. The van der Waals surface area contributed by atoms with E-state index in [-0.39, 0.29) is 33.4 Å². The smallest absolute Gasteiger partial charge is 0.295 e. The van der Waals surface area contributed by atoms with Gasteiger partial charge >= 0.3 is 0 Å². The summed E-state index contributed by atoms with van der Waals surface area (Å²) in [4.78, 5) is 25.6. The van der Waals surface area contributed by atoms with Gasteiger partial charge in [0.15, 0.2) is 21.3 Å². The minimum Gasteiger partial charge on any atom is -0.361 e. The van der Waals surface area contributed by atoms with E-state index in [1.54, 1.807) is 35.8 Å². The molecule has 1 N–H and O–H groups in total. The van der Waals surface area contributed by atoms with Gasteiger partial charge in [0.05, 0.1) is 16.8 Å². The van der Waals surface area contributed by atoms with Crippen LogP contribution >= 0.6 is 11.6 Å². The number of hydrogen-bond donors (Lipinski definition) is 1. The number of hydrogen-bond acceptors (Lipinski definition) is 7. The number of halogens is 1. The van der Waals surface area contributed by atoms with E-state index < -0.39 is 9.84 Å². The first-order valence-corrected chi connectivity index (χ1v) is 10.9. The predicted octanol–water partition coefficient (Wildman–Crippen LogP) is 2.58. The van der Waals surface area contributed by atoms with Crippen molar-refractivity contribution in [3.05, 3.63) is 51.7 Å². The van der Waals surface area contributed by atoms with Crippen LogP contribution in [0.1, 0.15) is 31.4 Å². The molecule has 1 aromatic carbocycles. The van der Waals surface area contributed by atoms with Crippen molar-refractivity contribution in [1.82, 2.24) is 19.5 Å². The maximum absolute atomic E-state index is 12.9. The Morgan fingerprint density at radius 1 is 1.21 bits per heavy atom. The third-order valence-corrected chi connectivity index (χ3v) is 6.57. The lowest BCUT2D eigenvalue weighted by Crippen LogP contribution is -2.25. The molecule has 10 heteroatoms. The number of aromatic nitrogens is 4. The molecule has 1 saturated carbocycles. The second-order valence-corrected chi connectivity index (χ2v) is 9.23. The standard InChI is InChI=1S/C18H18ClN5O3S/c1-2-28(26,27)13-7-3-11(4-8-13)9-20-15-17(25)24(12-5-6-12)16-14(22-15)10-21-18(19)23-16/h3-4,7-8,10,12H,2,5-6,9H2,1H3,(H,20,22). The van der Waals surface area contributed by atoms with Gasteiger partial charge in [-0.1, -0.05) is 19.1 Å². The quantitative estimate of drug-likeness (QED) is 0.612. The first-order chi connectivity index (χ1) is 13.4. The molecular weight excluding hydrogens is 402 g/mol. The Labute approximate surface area is 166 Å². The molecule has 0 atom stereocenters. The predicted molar refractivity (Wildman–Crippen MR) is 106 cm³/mol. The minimum absolute atomic E-state index is 0.0540. The highest BCUT2D eigenvalue weighted by molar-refractivity contribution is 7.91. The van der Waals surface area contributed by atoms with E-state index in [4.69, 9.17) is 11.6 Å². The largest absolute Gasteiger partial charge is 0.361 e. The number of fused-ring (bicyclic) bond motifs is 1. The van der Waals surface area contributed by atoms with Gasteiger partial charge in [-0.2, -0.15) is 4.98 Å². The number of anilines is 1. The van der Waals surface area contributed by atoms with Gasteiger partial charge in [-0.3, -0.25) is 9.36 Å². The number of sulfone groups is 1. The zero-order valence-corrected chi connectivity index (χ0v) is 16.7. The molecule has 1 aliphatic carbocycles. The molecule has 2 heterocycles. The molecule has 4 rings (SSSR count). The Morgan fingerprint density at radius 3 is 2.57 bits per heavy atom. The summed E-state index contributed by atoms with van der Waals surface area (Å²) in [7, 11) is -3.24. The summed E-state index contributed by atoms with van der Waals surface area (Å²) >= 11 is 5.88. The molecule has 8 nitrogen and oxygen atoms in total. The minimum atomic E-state index is -3.24. The lowest BCUT2D eigenvalue weighted by atomic mass is 10.2. The molecule has 0 unspecified atom stereocenters. The highest BCUT2D eigenvalue weighted by Gasteiger charge is 2.28. The SMILES string of the molecule is CCS(=O)(=O)c1ccc(CNc2nc3cnc(Cl)nc3n(C3CC3)c2=O)cc1. The second kappa shape index (κ2) is 7.14. The van der Waals surface area contributed by atoms with E-state index in [2.05, 4.69) is 20.3 Å². The zero-order valence-electron chi connectivity index (χ0n) is 15.1. The lowest BCUT2D eigenvalue weighted by Gasteiger charge is -2.12. The monoisotopic (exact) mass is 419 g/mol. The van der Waals surface area contributed by atoms with E-state index in [9.17, 15) is 13.2 Å². The molecule has 28 heavy (non-hydrogen) atoms. The molecular formula is C18H18ClN5O3S.